The van der Waals surface area contributed by atoms with E-state index in [9.17, 15) is 14.0 Å². The second-order valence-corrected chi connectivity index (χ2v) is 11.8. The van der Waals surface area contributed by atoms with E-state index in [4.69, 9.17) is 14.5 Å². The number of halogens is 2. The summed E-state index contributed by atoms with van der Waals surface area (Å²) in [5.41, 5.74) is 1.68. The zero-order valence-corrected chi connectivity index (χ0v) is 24.4. The van der Waals surface area contributed by atoms with Crippen LogP contribution in [0, 0.1) is 17.0 Å². The lowest BCUT2D eigenvalue weighted by molar-refractivity contribution is -0.120. The molecule has 13 heteroatoms. The maximum Gasteiger partial charge on any atom is 0.243 e. The molecule has 3 N–H and O–H groups in total. The Bertz CT molecular complexity index is 1730. The van der Waals surface area contributed by atoms with Gasteiger partial charge in [0.15, 0.2) is 0 Å². The molecular weight excluding hydrogens is 578 g/mol. The van der Waals surface area contributed by atoms with Gasteiger partial charge >= 0.3 is 0 Å². The van der Waals surface area contributed by atoms with Gasteiger partial charge in [0, 0.05) is 66.4 Å². The minimum Gasteiger partial charge on any atom is -0.490 e. The molecule has 0 bridgehead atoms. The van der Waals surface area contributed by atoms with Crippen molar-refractivity contribution >= 4 is 39.1 Å². The largest absolute Gasteiger partial charge is 0.490 e. The van der Waals surface area contributed by atoms with Crippen molar-refractivity contribution in [3.05, 3.63) is 59.6 Å². The summed E-state index contributed by atoms with van der Waals surface area (Å²) in [5.74, 6) is -1.19. The van der Waals surface area contributed by atoms with Gasteiger partial charge in [-0.05, 0) is 30.5 Å². The fourth-order valence-electron chi connectivity index (χ4n) is 5.73. The highest BCUT2D eigenvalue weighted by atomic mass is 32.1. The van der Waals surface area contributed by atoms with Crippen LogP contribution in [-0.4, -0.2) is 67.0 Å². The van der Waals surface area contributed by atoms with Gasteiger partial charge in [-0.3, -0.25) is 14.7 Å². The molecule has 10 nitrogen and oxygen atoms in total. The fraction of sp³-hybridized carbons (Fsp3) is 0.333. The Morgan fingerprint density at radius 1 is 1.28 bits per heavy atom. The number of nitrogens with zero attached hydrogens (tertiary/aromatic N) is 3. The van der Waals surface area contributed by atoms with Crippen LogP contribution in [0.2, 0.25) is 0 Å². The average Bonchev–Trinajstić information content (AvgIpc) is 3.72. The molecule has 0 radical (unpaired) electrons. The van der Waals surface area contributed by atoms with Crippen LogP contribution < -0.4 is 20.3 Å². The number of carbonyl (C=O) groups excluding carboxylic acids is 2. The molecule has 1 atom stereocenters. The van der Waals surface area contributed by atoms with E-state index in [-0.39, 0.29) is 41.8 Å². The molecule has 2 aliphatic heterocycles. The Hall–Kier alpha value is -4.36. The first kappa shape index (κ1) is 28.7. The molecule has 224 valence electrons. The predicted molar refractivity (Wildman–Crippen MR) is 159 cm³/mol. The van der Waals surface area contributed by atoms with E-state index in [1.54, 1.807) is 13.0 Å². The van der Waals surface area contributed by atoms with Crippen LogP contribution >= 0.6 is 11.3 Å². The van der Waals surface area contributed by atoms with E-state index in [0.717, 1.165) is 22.2 Å². The number of hydrogen-bond acceptors (Lipinski definition) is 8. The number of aromatic nitrogens is 3. The number of hydrogen-bond donors (Lipinski definition) is 3. The first-order chi connectivity index (χ1) is 20.7. The van der Waals surface area contributed by atoms with Crippen LogP contribution in [0.3, 0.4) is 0 Å². The average molecular weight is 609 g/mol. The molecule has 43 heavy (non-hydrogen) atoms. The van der Waals surface area contributed by atoms with Crippen molar-refractivity contribution in [1.82, 2.24) is 25.8 Å². The number of carbonyl (C=O) groups is 2. The summed E-state index contributed by atoms with van der Waals surface area (Å²) in [6.07, 6.45) is 1.64. The highest BCUT2D eigenvalue weighted by Crippen LogP contribution is 2.49. The smallest absolute Gasteiger partial charge is 0.243 e. The number of benzene rings is 1. The van der Waals surface area contributed by atoms with Crippen LogP contribution in [-0.2, 0) is 14.3 Å². The molecule has 2 aliphatic rings. The van der Waals surface area contributed by atoms with Crippen LogP contribution in [0.5, 0.6) is 5.75 Å². The summed E-state index contributed by atoms with van der Waals surface area (Å²) in [5, 5.41) is 15.9. The fourth-order valence-corrected chi connectivity index (χ4v) is 6.67. The third-order valence-electron chi connectivity index (χ3n) is 7.80. The molecule has 0 saturated carbocycles. The number of anilines is 1. The molecule has 1 aromatic carbocycles. The van der Waals surface area contributed by atoms with E-state index in [2.05, 4.69) is 32.3 Å². The number of aromatic amines is 1. The molecule has 6 rings (SSSR count). The summed E-state index contributed by atoms with van der Waals surface area (Å²) >= 11 is 1.40. The Labute approximate surface area is 250 Å². The van der Waals surface area contributed by atoms with E-state index in [1.165, 1.54) is 24.5 Å². The molecule has 5 heterocycles. The normalized spacial score (nSPS) is 16.3. The number of thiophene rings is 1. The van der Waals surface area contributed by atoms with Crippen molar-refractivity contribution in [3.8, 4) is 28.3 Å². The van der Waals surface area contributed by atoms with Gasteiger partial charge in [0.05, 0.1) is 23.9 Å². The number of nitrogens with one attached hydrogen (secondary N) is 3. The summed E-state index contributed by atoms with van der Waals surface area (Å²) in [6.45, 7) is 7.47. The SMILES string of the molecule is C=CC(=O)N[C@H](C)c1cc(-c2nc(N3CC4(CNC(=O)C4)C3)c3ccsc3c2-c2c(F)cc(F)cc2OCCOC)n[nH]1. The number of ether oxygens (including phenoxy) is 2. The van der Waals surface area contributed by atoms with Gasteiger partial charge in [0.2, 0.25) is 11.8 Å². The molecule has 1 spiro atoms. The van der Waals surface area contributed by atoms with Gasteiger partial charge in [0.1, 0.15) is 41.2 Å². The van der Waals surface area contributed by atoms with Crippen molar-refractivity contribution in [2.24, 2.45) is 5.41 Å². The van der Waals surface area contributed by atoms with Crippen molar-refractivity contribution in [1.29, 1.82) is 0 Å². The molecule has 0 unspecified atom stereocenters. The van der Waals surface area contributed by atoms with Gasteiger partial charge in [-0.25, -0.2) is 13.8 Å². The molecule has 2 fully saturated rings. The van der Waals surface area contributed by atoms with Crippen molar-refractivity contribution in [2.45, 2.75) is 19.4 Å². The van der Waals surface area contributed by atoms with Gasteiger partial charge in [-0.15, -0.1) is 11.3 Å². The van der Waals surface area contributed by atoms with Crippen molar-refractivity contribution in [3.63, 3.8) is 0 Å². The molecule has 4 aromatic rings. The summed E-state index contributed by atoms with van der Waals surface area (Å²) in [7, 11) is 1.51. The lowest BCUT2D eigenvalue weighted by atomic mass is 9.79. The second kappa shape index (κ2) is 11.4. The van der Waals surface area contributed by atoms with Gasteiger partial charge in [0.25, 0.3) is 0 Å². The maximum atomic E-state index is 15.8. The molecule has 0 aliphatic carbocycles. The van der Waals surface area contributed by atoms with E-state index in [0.29, 0.717) is 54.5 Å². The van der Waals surface area contributed by atoms with E-state index >= 15 is 4.39 Å². The minimum absolute atomic E-state index is 0.0147. The monoisotopic (exact) mass is 608 g/mol. The molecular formula is C30H30F2N6O4S. The third-order valence-corrected chi connectivity index (χ3v) is 8.73. The quantitative estimate of drug-likeness (QED) is 0.181. The Kier molecular flexibility index (Phi) is 7.61. The van der Waals surface area contributed by atoms with Crippen molar-refractivity contribution in [2.75, 3.05) is 44.9 Å². The first-order valence-electron chi connectivity index (χ1n) is 13.7. The van der Waals surface area contributed by atoms with E-state index < -0.39 is 17.7 Å². The number of H-pyrrole nitrogens is 1. The van der Waals surface area contributed by atoms with Gasteiger partial charge in [-0.2, -0.15) is 5.10 Å². The standard InChI is InChI=1S/C30H30F2N6O4S/c1-4-23(39)34-16(2)20-11-21(37-36-20)27-26(25-19(32)9-17(31)10-22(25)42-7-6-41-3)28-18(5-8-43-28)29(35-27)38-14-30(15-38)12-24(40)33-13-30/h4-5,8-11,16H,1,6-7,12-15H2,2-3H3,(H,33,40)(H,34,39)(H,36,37)/t16-/m1/s1. The zero-order valence-electron chi connectivity index (χ0n) is 23.6. The Balaban J connectivity index is 1.52. The predicted octanol–water partition coefficient (Wildman–Crippen LogP) is 4.35. The molecule has 2 saturated heterocycles. The molecule has 2 amide bonds. The minimum atomic E-state index is -0.807. The second-order valence-electron chi connectivity index (χ2n) is 10.9. The summed E-state index contributed by atoms with van der Waals surface area (Å²) in [4.78, 5) is 31.1. The summed E-state index contributed by atoms with van der Waals surface area (Å²) in [6, 6.07) is 5.21. The van der Waals surface area contributed by atoms with E-state index in [1.807, 2.05) is 11.4 Å². The lowest BCUT2D eigenvalue weighted by Crippen LogP contribution is -2.57. The maximum absolute atomic E-state index is 15.8. The number of amides is 2. The topological polar surface area (TPSA) is 121 Å². The van der Waals surface area contributed by atoms with Crippen LogP contribution in [0.15, 0.2) is 42.3 Å². The third kappa shape index (κ3) is 5.34. The molecule has 3 aromatic heterocycles. The van der Waals surface area contributed by atoms with Crippen LogP contribution in [0.1, 0.15) is 25.1 Å². The number of methoxy groups -OCH3 is 1. The first-order valence-corrected chi connectivity index (χ1v) is 14.6. The number of rotatable bonds is 10. The van der Waals surface area contributed by atoms with Crippen LogP contribution in [0.4, 0.5) is 14.6 Å². The van der Waals surface area contributed by atoms with Gasteiger partial charge < -0.3 is 25.0 Å². The Morgan fingerprint density at radius 2 is 2.09 bits per heavy atom. The zero-order chi connectivity index (χ0) is 30.3. The van der Waals surface area contributed by atoms with Crippen LogP contribution in [0.25, 0.3) is 32.6 Å². The Morgan fingerprint density at radius 3 is 2.81 bits per heavy atom. The lowest BCUT2D eigenvalue weighted by Gasteiger charge is -2.48. The highest BCUT2D eigenvalue weighted by Gasteiger charge is 2.49. The van der Waals surface area contributed by atoms with Crippen molar-refractivity contribution < 1.29 is 27.8 Å². The van der Waals surface area contributed by atoms with Gasteiger partial charge in [-0.1, -0.05) is 6.58 Å². The number of pyridine rings is 1. The highest BCUT2D eigenvalue weighted by molar-refractivity contribution is 7.18. The number of fused-ring (bicyclic) bond motifs is 1. The summed E-state index contributed by atoms with van der Waals surface area (Å²) < 4.78 is 41.9.